The first-order valence-electron chi connectivity index (χ1n) is 5.00. The topological polar surface area (TPSA) is 71.7 Å². The summed E-state index contributed by atoms with van der Waals surface area (Å²) in [6, 6.07) is 0.370. The van der Waals surface area contributed by atoms with Gasteiger partial charge < -0.3 is 10.1 Å². The average Bonchev–Trinajstić information content (AvgIpc) is 2.25. The van der Waals surface area contributed by atoms with Crippen LogP contribution in [-0.4, -0.2) is 44.3 Å². The summed E-state index contributed by atoms with van der Waals surface area (Å²) in [6.45, 7) is 3.32. The lowest BCUT2D eigenvalue weighted by atomic mass is 10.3. The fraction of sp³-hybridized carbons (Fsp3) is 0.889. The van der Waals surface area contributed by atoms with E-state index in [1.165, 1.54) is 0 Å². The van der Waals surface area contributed by atoms with Crippen molar-refractivity contribution in [2.24, 2.45) is 10.8 Å². The number of aliphatic imine (C=N–C) groups is 1. The zero-order chi connectivity index (χ0) is 11.5. The van der Waals surface area contributed by atoms with E-state index in [0.717, 1.165) is 12.2 Å². The highest BCUT2D eigenvalue weighted by atomic mass is 32.2. The van der Waals surface area contributed by atoms with Crippen molar-refractivity contribution in [2.45, 2.75) is 19.4 Å². The number of rotatable bonds is 7. The molecule has 0 amide bonds. The Morgan fingerprint density at radius 2 is 2.33 bits per heavy atom. The molecule has 0 aromatic heterocycles. The van der Waals surface area contributed by atoms with Gasteiger partial charge in [0.15, 0.2) is 0 Å². The minimum absolute atomic E-state index is 0.370. The Morgan fingerprint density at radius 1 is 1.60 bits per heavy atom. The molecule has 0 aromatic rings. The molecule has 0 aromatic carbocycles. The Hall–Kier alpha value is -0.460. The first-order chi connectivity index (χ1) is 7.24. The summed E-state index contributed by atoms with van der Waals surface area (Å²) in [5.74, 6) is 7.10. The van der Waals surface area contributed by atoms with Gasteiger partial charge in [-0.25, -0.2) is 10.8 Å². The van der Waals surface area contributed by atoms with E-state index < -0.39 is 0 Å². The van der Waals surface area contributed by atoms with Crippen molar-refractivity contribution in [3.8, 4) is 0 Å². The lowest BCUT2D eigenvalue weighted by Gasteiger charge is -2.15. The second kappa shape index (κ2) is 10.1. The second-order valence-corrected chi connectivity index (χ2v) is 4.18. The number of nitrogens with zero attached hydrogens (tertiary/aromatic N) is 1. The molecule has 6 heteroatoms. The Morgan fingerprint density at radius 3 is 2.87 bits per heavy atom. The van der Waals surface area contributed by atoms with Crippen molar-refractivity contribution in [3.05, 3.63) is 0 Å². The van der Waals surface area contributed by atoms with Gasteiger partial charge in [0.25, 0.3) is 0 Å². The summed E-state index contributed by atoms with van der Waals surface area (Å²) >= 11 is 1.83. The smallest absolute Gasteiger partial charge is 0.206 e. The van der Waals surface area contributed by atoms with Gasteiger partial charge >= 0.3 is 0 Å². The molecule has 0 saturated carbocycles. The van der Waals surface area contributed by atoms with Crippen LogP contribution in [0.25, 0.3) is 0 Å². The van der Waals surface area contributed by atoms with E-state index in [1.54, 1.807) is 7.11 Å². The molecule has 0 fully saturated rings. The number of nitrogens with one attached hydrogen (secondary N) is 2. The molecule has 15 heavy (non-hydrogen) atoms. The second-order valence-electron chi connectivity index (χ2n) is 3.19. The van der Waals surface area contributed by atoms with Crippen LogP contribution in [-0.2, 0) is 4.74 Å². The van der Waals surface area contributed by atoms with Crippen molar-refractivity contribution in [1.82, 2.24) is 10.7 Å². The van der Waals surface area contributed by atoms with E-state index >= 15 is 0 Å². The number of methoxy groups -OCH3 is 1. The van der Waals surface area contributed by atoms with Gasteiger partial charge in [-0.3, -0.25) is 5.43 Å². The van der Waals surface area contributed by atoms with Crippen LogP contribution in [0.15, 0.2) is 4.99 Å². The summed E-state index contributed by atoms with van der Waals surface area (Å²) < 4.78 is 4.90. The largest absolute Gasteiger partial charge is 0.383 e. The number of thioether (sulfide) groups is 1. The van der Waals surface area contributed by atoms with E-state index in [0.29, 0.717) is 25.2 Å². The van der Waals surface area contributed by atoms with E-state index in [-0.39, 0.29) is 0 Å². The maximum absolute atomic E-state index is 5.34. The van der Waals surface area contributed by atoms with Crippen LogP contribution in [0.2, 0.25) is 0 Å². The molecule has 4 N–H and O–H groups in total. The van der Waals surface area contributed by atoms with Crippen LogP contribution >= 0.6 is 11.8 Å². The maximum atomic E-state index is 5.34. The normalized spacial score (nSPS) is 13.7. The molecule has 0 spiro atoms. The quantitative estimate of drug-likeness (QED) is 0.193. The van der Waals surface area contributed by atoms with Gasteiger partial charge in [0.1, 0.15) is 0 Å². The highest BCUT2D eigenvalue weighted by Crippen LogP contribution is 1.99. The van der Waals surface area contributed by atoms with Gasteiger partial charge in [0, 0.05) is 13.2 Å². The van der Waals surface area contributed by atoms with Gasteiger partial charge in [-0.2, -0.15) is 11.8 Å². The van der Waals surface area contributed by atoms with E-state index in [4.69, 9.17) is 10.6 Å². The predicted octanol–water partition coefficient (Wildman–Crippen LogP) is 0.183. The Balaban J connectivity index is 3.80. The molecule has 0 radical (unpaired) electrons. The lowest BCUT2D eigenvalue weighted by Crippen LogP contribution is -2.45. The van der Waals surface area contributed by atoms with Crippen LogP contribution < -0.4 is 16.6 Å². The number of guanidine groups is 1. The highest BCUT2D eigenvalue weighted by Gasteiger charge is 2.03. The summed E-state index contributed by atoms with van der Waals surface area (Å²) in [7, 11) is 1.65. The molecule has 5 nitrogen and oxygen atoms in total. The summed E-state index contributed by atoms with van der Waals surface area (Å²) in [6.07, 6.45) is 3.19. The van der Waals surface area contributed by atoms with Crippen molar-refractivity contribution < 1.29 is 4.74 Å². The minimum Gasteiger partial charge on any atom is -0.383 e. The zero-order valence-electron chi connectivity index (χ0n) is 9.75. The van der Waals surface area contributed by atoms with Crippen molar-refractivity contribution in [1.29, 1.82) is 0 Å². The van der Waals surface area contributed by atoms with Gasteiger partial charge in [-0.1, -0.05) is 0 Å². The zero-order valence-corrected chi connectivity index (χ0v) is 10.6. The van der Waals surface area contributed by atoms with E-state index in [2.05, 4.69) is 28.9 Å². The van der Waals surface area contributed by atoms with Crippen LogP contribution in [0.1, 0.15) is 13.3 Å². The molecule has 0 aliphatic carbocycles. The van der Waals surface area contributed by atoms with Crippen molar-refractivity contribution in [2.75, 3.05) is 32.3 Å². The Bertz CT molecular complexity index is 177. The SMILES string of the molecule is COCCN=C(NN)NC(C)CCSC. The van der Waals surface area contributed by atoms with Crippen molar-refractivity contribution in [3.63, 3.8) is 0 Å². The molecular formula is C9H22N4OS. The van der Waals surface area contributed by atoms with Gasteiger partial charge in [0.2, 0.25) is 5.96 Å². The fourth-order valence-corrected chi connectivity index (χ4v) is 1.57. The number of nitrogens with two attached hydrogens (primary N) is 1. The fourth-order valence-electron chi connectivity index (χ4n) is 0.982. The third kappa shape index (κ3) is 8.53. The van der Waals surface area contributed by atoms with Gasteiger partial charge in [-0.05, 0) is 25.4 Å². The predicted molar refractivity (Wildman–Crippen MR) is 67.1 cm³/mol. The Kier molecular flexibility index (Phi) is 9.76. The minimum atomic E-state index is 0.370. The van der Waals surface area contributed by atoms with Crippen LogP contribution in [0, 0.1) is 0 Å². The highest BCUT2D eigenvalue weighted by molar-refractivity contribution is 7.98. The van der Waals surface area contributed by atoms with Crippen LogP contribution in [0.5, 0.6) is 0 Å². The maximum Gasteiger partial charge on any atom is 0.206 e. The lowest BCUT2D eigenvalue weighted by molar-refractivity contribution is 0.208. The third-order valence-corrected chi connectivity index (χ3v) is 2.48. The average molecular weight is 234 g/mol. The molecule has 0 heterocycles. The first-order valence-corrected chi connectivity index (χ1v) is 6.39. The monoisotopic (exact) mass is 234 g/mol. The third-order valence-electron chi connectivity index (χ3n) is 1.84. The van der Waals surface area contributed by atoms with Gasteiger partial charge in [-0.15, -0.1) is 0 Å². The molecule has 1 atom stereocenters. The number of hydrazine groups is 1. The molecule has 1 unspecified atom stereocenters. The number of ether oxygens (including phenoxy) is 1. The van der Waals surface area contributed by atoms with E-state index in [9.17, 15) is 0 Å². The summed E-state index contributed by atoms with van der Waals surface area (Å²) in [4.78, 5) is 4.22. The summed E-state index contributed by atoms with van der Waals surface area (Å²) in [5, 5.41) is 3.21. The molecule has 0 rings (SSSR count). The van der Waals surface area contributed by atoms with Crippen LogP contribution in [0.4, 0.5) is 0 Å². The van der Waals surface area contributed by atoms with Crippen molar-refractivity contribution >= 4 is 17.7 Å². The molecule has 0 bridgehead atoms. The van der Waals surface area contributed by atoms with Crippen LogP contribution in [0.3, 0.4) is 0 Å². The molecule has 0 aliphatic heterocycles. The summed E-state index contributed by atoms with van der Waals surface area (Å²) in [5.41, 5.74) is 2.54. The van der Waals surface area contributed by atoms with E-state index in [1.807, 2.05) is 11.8 Å². The Labute approximate surface area is 96.2 Å². The number of hydrogen-bond acceptors (Lipinski definition) is 4. The molecule has 0 aliphatic rings. The molecular weight excluding hydrogens is 212 g/mol. The number of hydrogen-bond donors (Lipinski definition) is 3. The van der Waals surface area contributed by atoms with Gasteiger partial charge in [0.05, 0.1) is 13.2 Å². The standard InChI is InChI=1S/C9H22N4OS/c1-8(4-7-15-3)12-9(13-10)11-5-6-14-2/h8H,4-7,10H2,1-3H3,(H2,11,12,13). The molecule has 90 valence electrons. The molecule has 0 saturated heterocycles. The first kappa shape index (κ1) is 14.5.